The normalized spacial score (nSPS) is 10.0. The van der Waals surface area contributed by atoms with E-state index < -0.39 is 6.03 Å². The second kappa shape index (κ2) is 7.20. The first-order chi connectivity index (χ1) is 10.1. The Balaban J connectivity index is 1.99. The number of hydrogen-bond acceptors (Lipinski definition) is 2. The fourth-order valence-corrected chi connectivity index (χ4v) is 2.02. The molecular weight excluding hydrogens is 311 g/mol. The lowest BCUT2D eigenvalue weighted by atomic mass is 10.3. The average molecular weight is 325 g/mol. The topological polar surface area (TPSA) is 50.4 Å². The fraction of sp³-hybridized carbons (Fsp3) is 0.133. The number of halogens is 2. The van der Waals surface area contributed by atoms with Crippen LogP contribution >= 0.6 is 23.2 Å². The van der Waals surface area contributed by atoms with E-state index in [1.165, 1.54) is 0 Å². The molecule has 0 unspecified atom stereocenters. The minimum Gasteiger partial charge on any atom is -0.494 e. The molecule has 2 aromatic rings. The second-order valence-electron chi connectivity index (χ2n) is 4.16. The van der Waals surface area contributed by atoms with Gasteiger partial charge >= 0.3 is 6.03 Å². The Morgan fingerprint density at radius 1 is 1.10 bits per heavy atom. The molecule has 0 heterocycles. The molecule has 2 aromatic carbocycles. The Morgan fingerprint density at radius 2 is 1.81 bits per heavy atom. The molecule has 0 saturated heterocycles. The minimum atomic E-state index is -0.400. The highest BCUT2D eigenvalue weighted by molar-refractivity contribution is 6.35. The van der Waals surface area contributed by atoms with E-state index in [4.69, 9.17) is 27.9 Å². The number of anilines is 2. The van der Waals surface area contributed by atoms with E-state index >= 15 is 0 Å². The second-order valence-corrected chi connectivity index (χ2v) is 5.00. The Hall–Kier alpha value is -1.91. The van der Waals surface area contributed by atoms with Gasteiger partial charge in [-0.25, -0.2) is 4.79 Å². The van der Waals surface area contributed by atoms with Gasteiger partial charge in [0.1, 0.15) is 5.75 Å². The molecule has 0 aliphatic heterocycles. The molecule has 110 valence electrons. The summed E-state index contributed by atoms with van der Waals surface area (Å²) in [5.74, 6) is 0.751. The van der Waals surface area contributed by atoms with Crippen LogP contribution in [0.15, 0.2) is 42.5 Å². The molecule has 21 heavy (non-hydrogen) atoms. The van der Waals surface area contributed by atoms with Crippen molar-refractivity contribution in [3.05, 3.63) is 52.5 Å². The van der Waals surface area contributed by atoms with Gasteiger partial charge in [-0.05, 0) is 49.4 Å². The average Bonchev–Trinajstić information content (AvgIpc) is 2.45. The van der Waals surface area contributed by atoms with Crippen LogP contribution in [0.3, 0.4) is 0 Å². The Bertz CT molecular complexity index is 630. The molecule has 0 aliphatic rings. The minimum absolute atomic E-state index is 0.400. The fourth-order valence-electron chi connectivity index (χ4n) is 1.68. The molecule has 6 heteroatoms. The van der Waals surface area contributed by atoms with E-state index in [-0.39, 0.29) is 0 Å². The number of hydrogen-bond donors (Lipinski definition) is 2. The lowest BCUT2D eigenvalue weighted by Crippen LogP contribution is -2.19. The summed E-state index contributed by atoms with van der Waals surface area (Å²) in [4.78, 5) is 11.9. The van der Waals surface area contributed by atoms with Crippen LogP contribution in [0.1, 0.15) is 6.92 Å². The molecule has 2 amide bonds. The summed E-state index contributed by atoms with van der Waals surface area (Å²) in [6.07, 6.45) is 0. The number of benzene rings is 2. The van der Waals surface area contributed by atoms with Crippen molar-refractivity contribution in [2.24, 2.45) is 0 Å². The van der Waals surface area contributed by atoms with Crippen LogP contribution in [-0.4, -0.2) is 12.6 Å². The summed E-state index contributed by atoms with van der Waals surface area (Å²) in [5.41, 5.74) is 1.10. The van der Waals surface area contributed by atoms with E-state index in [2.05, 4.69) is 10.6 Å². The number of carbonyl (C=O) groups excluding carboxylic acids is 1. The van der Waals surface area contributed by atoms with Crippen molar-refractivity contribution in [3.8, 4) is 5.75 Å². The van der Waals surface area contributed by atoms with Crippen molar-refractivity contribution in [1.29, 1.82) is 0 Å². The van der Waals surface area contributed by atoms with E-state index in [1.807, 2.05) is 6.92 Å². The molecule has 0 bridgehead atoms. The van der Waals surface area contributed by atoms with Gasteiger partial charge in [-0.3, -0.25) is 0 Å². The van der Waals surface area contributed by atoms with Gasteiger partial charge in [0, 0.05) is 10.7 Å². The smallest absolute Gasteiger partial charge is 0.323 e. The number of rotatable bonds is 4. The maximum absolute atomic E-state index is 11.9. The highest BCUT2D eigenvalue weighted by Crippen LogP contribution is 2.25. The molecule has 0 radical (unpaired) electrons. The molecule has 2 N–H and O–H groups in total. The third-order valence-corrected chi connectivity index (χ3v) is 3.16. The quantitative estimate of drug-likeness (QED) is 0.828. The molecule has 0 fully saturated rings. The van der Waals surface area contributed by atoms with Crippen molar-refractivity contribution in [1.82, 2.24) is 0 Å². The zero-order valence-corrected chi connectivity index (χ0v) is 12.8. The van der Waals surface area contributed by atoms with Gasteiger partial charge in [0.05, 0.1) is 17.3 Å². The van der Waals surface area contributed by atoms with Crippen LogP contribution in [0, 0.1) is 0 Å². The van der Waals surface area contributed by atoms with E-state index in [0.29, 0.717) is 28.0 Å². The van der Waals surface area contributed by atoms with E-state index in [9.17, 15) is 4.79 Å². The summed E-state index contributed by atoms with van der Waals surface area (Å²) < 4.78 is 5.33. The Labute approximate surface area is 133 Å². The van der Waals surface area contributed by atoms with Crippen molar-refractivity contribution in [2.45, 2.75) is 6.92 Å². The van der Waals surface area contributed by atoms with Crippen LogP contribution in [0.2, 0.25) is 10.0 Å². The number of nitrogens with one attached hydrogen (secondary N) is 2. The van der Waals surface area contributed by atoms with Gasteiger partial charge in [-0.15, -0.1) is 0 Å². The Kier molecular flexibility index (Phi) is 5.31. The summed E-state index contributed by atoms with van der Waals surface area (Å²) in [6.45, 7) is 2.51. The zero-order chi connectivity index (χ0) is 15.2. The van der Waals surface area contributed by atoms with E-state index in [1.54, 1.807) is 42.5 Å². The molecule has 4 nitrogen and oxygen atoms in total. The van der Waals surface area contributed by atoms with Crippen LogP contribution in [-0.2, 0) is 0 Å². The number of ether oxygens (including phenoxy) is 1. The van der Waals surface area contributed by atoms with Crippen molar-refractivity contribution in [3.63, 3.8) is 0 Å². The highest BCUT2D eigenvalue weighted by atomic mass is 35.5. The van der Waals surface area contributed by atoms with Crippen LogP contribution in [0.4, 0.5) is 16.2 Å². The van der Waals surface area contributed by atoms with Gasteiger partial charge in [0.15, 0.2) is 0 Å². The number of carbonyl (C=O) groups is 1. The van der Waals surface area contributed by atoms with Crippen LogP contribution in [0.5, 0.6) is 5.75 Å². The molecule has 0 aromatic heterocycles. The number of urea groups is 1. The summed E-state index contributed by atoms with van der Waals surface area (Å²) in [5, 5.41) is 6.25. The van der Waals surface area contributed by atoms with Gasteiger partial charge < -0.3 is 15.4 Å². The molecule has 0 aliphatic carbocycles. The maximum Gasteiger partial charge on any atom is 0.323 e. The lowest BCUT2D eigenvalue weighted by Gasteiger charge is -2.10. The molecule has 0 saturated carbocycles. The predicted molar refractivity (Wildman–Crippen MR) is 86.7 cm³/mol. The SMILES string of the molecule is CCOc1ccc(NC(=O)Nc2cc(Cl)ccc2Cl)cc1. The van der Waals surface area contributed by atoms with Gasteiger partial charge in [0.2, 0.25) is 0 Å². The molecule has 0 atom stereocenters. The third-order valence-electron chi connectivity index (χ3n) is 2.60. The predicted octanol–water partition coefficient (Wildman–Crippen LogP) is 5.04. The lowest BCUT2D eigenvalue weighted by molar-refractivity contribution is 0.262. The standard InChI is InChI=1S/C15H14Cl2N2O2/c1-2-21-12-6-4-11(5-7-12)18-15(20)19-14-9-10(16)3-8-13(14)17/h3-9H,2H2,1H3,(H2,18,19,20). The first-order valence-electron chi connectivity index (χ1n) is 6.34. The van der Waals surface area contributed by atoms with Crippen molar-refractivity contribution >= 4 is 40.6 Å². The van der Waals surface area contributed by atoms with Gasteiger partial charge in [0.25, 0.3) is 0 Å². The van der Waals surface area contributed by atoms with Gasteiger partial charge in [-0.2, -0.15) is 0 Å². The monoisotopic (exact) mass is 324 g/mol. The molecule has 0 spiro atoms. The highest BCUT2D eigenvalue weighted by Gasteiger charge is 2.07. The van der Waals surface area contributed by atoms with Crippen molar-refractivity contribution in [2.75, 3.05) is 17.2 Å². The van der Waals surface area contributed by atoms with E-state index in [0.717, 1.165) is 5.75 Å². The summed E-state index contributed by atoms with van der Waals surface area (Å²) in [7, 11) is 0. The largest absolute Gasteiger partial charge is 0.494 e. The summed E-state index contributed by atoms with van der Waals surface area (Å²) in [6, 6.07) is 11.5. The Morgan fingerprint density at radius 3 is 2.48 bits per heavy atom. The first kappa shape index (κ1) is 15.5. The summed E-state index contributed by atoms with van der Waals surface area (Å²) >= 11 is 11.8. The van der Waals surface area contributed by atoms with Crippen LogP contribution < -0.4 is 15.4 Å². The first-order valence-corrected chi connectivity index (χ1v) is 7.10. The molecular formula is C15H14Cl2N2O2. The maximum atomic E-state index is 11.9. The van der Waals surface area contributed by atoms with Crippen LogP contribution in [0.25, 0.3) is 0 Å². The number of amides is 2. The van der Waals surface area contributed by atoms with Gasteiger partial charge in [-0.1, -0.05) is 23.2 Å². The molecule has 2 rings (SSSR count). The third kappa shape index (κ3) is 4.55. The van der Waals surface area contributed by atoms with Crippen molar-refractivity contribution < 1.29 is 9.53 Å². The zero-order valence-electron chi connectivity index (χ0n) is 11.3.